The number of rotatable bonds is 5. The van der Waals surface area contributed by atoms with Gasteiger partial charge in [0.15, 0.2) is 0 Å². The Morgan fingerprint density at radius 2 is 1.80 bits per heavy atom. The maximum absolute atomic E-state index is 12.7. The highest BCUT2D eigenvalue weighted by Crippen LogP contribution is 2.36. The van der Waals surface area contributed by atoms with Crippen LogP contribution in [0.5, 0.6) is 0 Å². The van der Waals surface area contributed by atoms with E-state index in [4.69, 9.17) is 0 Å². The van der Waals surface area contributed by atoms with Gasteiger partial charge < -0.3 is 15.1 Å². The van der Waals surface area contributed by atoms with Crippen LogP contribution in [0, 0.1) is 11.3 Å². The second kappa shape index (κ2) is 7.56. The lowest BCUT2D eigenvalue weighted by atomic mass is 9.72. The number of benzene rings is 1. The van der Waals surface area contributed by atoms with Gasteiger partial charge in [-0.1, -0.05) is 43.2 Å². The van der Waals surface area contributed by atoms with Gasteiger partial charge in [0, 0.05) is 19.5 Å². The van der Waals surface area contributed by atoms with E-state index in [2.05, 4.69) is 0 Å². The second-order valence-electron chi connectivity index (χ2n) is 7.60. The predicted molar refractivity (Wildman–Crippen MR) is 94.0 cm³/mol. The van der Waals surface area contributed by atoms with Crippen LogP contribution in [0.25, 0.3) is 0 Å². The Morgan fingerprint density at radius 3 is 2.44 bits per heavy atom. The van der Waals surface area contributed by atoms with Gasteiger partial charge in [-0.2, -0.15) is 0 Å². The summed E-state index contributed by atoms with van der Waals surface area (Å²) in [5.74, 6) is -0.549. The van der Waals surface area contributed by atoms with Crippen molar-refractivity contribution in [1.29, 1.82) is 0 Å². The molecule has 3 rings (SSSR count). The van der Waals surface area contributed by atoms with E-state index in [0.717, 1.165) is 18.4 Å². The van der Waals surface area contributed by atoms with Crippen LogP contribution in [0.15, 0.2) is 30.3 Å². The van der Waals surface area contributed by atoms with Crippen LogP contribution >= 0.6 is 0 Å². The van der Waals surface area contributed by atoms with Crippen molar-refractivity contribution < 1.29 is 19.8 Å². The molecule has 5 heteroatoms. The minimum absolute atomic E-state index is 0.0393. The van der Waals surface area contributed by atoms with E-state index in [1.807, 2.05) is 30.3 Å². The molecule has 5 nitrogen and oxygen atoms in total. The number of aliphatic carboxylic acids is 1. The SMILES string of the molecule is O=C(CC1CCCC1)N1CC[C@H](O)[C@](Cc2ccccc2)(C(=O)O)C1. The normalized spacial score (nSPS) is 27.4. The van der Waals surface area contributed by atoms with E-state index < -0.39 is 17.5 Å². The van der Waals surface area contributed by atoms with E-state index in [1.165, 1.54) is 12.8 Å². The summed E-state index contributed by atoms with van der Waals surface area (Å²) < 4.78 is 0. The van der Waals surface area contributed by atoms with Gasteiger partial charge >= 0.3 is 5.97 Å². The summed E-state index contributed by atoms with van der Waals surface area (Å²) in [6.45, 7) is 0.528. The van der Waals surface area contributed by atoms with Crippen LogP contribution in [0.4, 0.5) is 0 Å². The number of aliphatic hydroxyl groups excluding tert-OH is 1. The first kappa shape index (κ1) is 17.9. The molecule has 136 valence electrons. The fraction of sp³-hybridized carbons (Fsp3) is 0.600. The zero-order chi connectivity index (χ0) is 17.9. The molecule has 1 saturated heterocycles. The summed E-state index contributed by atoms with van der Waals surface area (Å²) in [6.07, 6.45) is 4.67. The molecule has 1 saturated carbocycles. The topological polar surface area (TPSA) is 77.8 Å². The summed E-state index contributed by atoms with van der Waals surface area (Å²) in [5, 5.41) is 20.4. The molecule has 2 N–H and O–H groups in total. The molecule has 1 heterocycles. The molecule has 25 heavy (non-hydrogen) atoms. The largest absolute Gasteiger partial charge is 0.481 e. The number of hydrogen-bond acceptors (Lipinski definition) is 3. The maximum atomic E-state index is 12.7. The number of amides is 1. The Labute approximate surface area is 148 Å². The zero-order valence-electron chi connectivity index (χ0n) is 14.6. The van der Waals surface area contributed by atoms with Crippen molar-refractivity contribution in [3.05, 3.63) is 35.9 Å². The number of carboxylic acid groups (broad SMARTS) is 1. The fourth-order valence-electron chi connectivity index (χ4n) is 4.30. The molecular weight excluding hydrogens is 318 g/mol. The minimum atomic E-state index is -1.33. The van der Waals surface area contributed by atoms with Crippen LogP contribution in [0.2, 0.25) is 0 Å². The number of hydrogen-bond donors (Lipinski definition) is 2. The average molecular weight is 345 g/mol. The van der Waals surface area contributed by atoms with Crippen molar-refractivity contribution in [3.8, 4) is 0 Å². The lowest BCUT2D eigenvalue weighted by Crippen LogP contribution is -2.58. The van der Waals surface area contributed by atoms with Crippen molar-refractivity contribution in [2.75, 3.05) is 13.1 Å². The Balaban J connectivity index is 1.76. The summed E-state index contributed by atoms with van der Waals surface area (Å²) >= 11 is 0. The van der Waals surface area contributed by atoms with Gasteiger partial charge in [0.25, 0.3) is 0 Å². The summed E-state index contributed by atoms with van der Waals surface area (Å²) in [6, 6.07) is 9.35. The van der Waals surface area contributed by atoms with Crippen molar-refractivity contribution in [1.82, 2.24) is 4.90 Å². The van der Waals surface area contributed by atoms with Crippen molar-refractivity contribution in [2.45, 2.75) is 51.0 Å². The van der Waals surface area contributed by atoms with Crippen LogP contribution in [0.3, 0.4) is 0 Å². The van der Waals surface area contributed by atoms with Gasteiger partial charge in [-0.3, -0.25) is 9.59 Å². The third-order valence-electron chi connectivity index (χ3n) is 5.86. The first-order valence-corrected chi connectivity index (χ1v) is 9.24. The van der Waals surface area contributed by atoms with Crippen LogP contribution in [-0.4, -0.2) is 46.2 Å². The summed E-state index contributed by atoms with van der Waals surface area (Å²) in [5.41, 5.74) is -0.459. The number of nitrogens with zero attached hydrogens (tertiary/aromatic N) is 1. The molecule has 2 aliphatic rings. The van der Waals surface area contributed by atoms with Gasteiger partial charge in [-0.25, -0.2) is 0 Å². The van der Waals surface area contributed by atoms with Crippen molar-refractivity contribution in [2.24, 2.45) is 11.3 Å². The van der Waals surface area contributed by atoms with Gasteiger partial charge in [0.05, 0.1) is 6.10 Å². The highest BCUT2D eigenvalue weighted by atomic mass is 16.4. The van der Waals surface area contributed by atoms with Gasteiger partial charge in [0.2, 0.25) is 5.91 Å². The Hall–Kier alpha value is -1.88. The molecule has 1 aromatic rings. The third-order valence-corrected chi connectivity index (χ3v) is 5.86. The number of piperidine rings is 1. The van der Waals surface area contributed by atoms with Crippen LogP contribution < -0.4 is 0 Å². The molecule has 1 amide bonds. The predicted octanol–water partition coefficient (Wildman–Crippen LogP) is 2.47. The average Bonchev–Trinajstić information content (AvgIpc) is 3.10. The summed E-state index contributed by atoms with van der Waals surface area (Å²) in [4.78, 5) is 26.4. The monoisotopic (exact) mass is 345 g/mol. The first-order chi connectivity index (χ1) is 12.0. The fourth-order valence-corrected chi connectivity index (χ4v) is 4.30. The van der Waals surface area contributed by atoms with Crippen molar-refractivity contribution in [3.63, 3.8) is 0 Å². The number of carboxylic acids is 1. The Kier molecular flexibility index (Phi) is 5.42. The Morgan fingerprint density at radius 1 is 1.12 bits per heavy atom. The van der Waals surface area contributed by atoms with E-state index in [-0.39, 0.29) is 18.9 Å². The number of aliphatic hydroxyl groups is 1. The number of carbonyl (C=O) groups excluding carboxylic acids is 1. The molecule has 0 aromatic heterocycles. The number of carbonyl (C=O) groups is 2. The number of likely N-dealkylation sites (tertiary alicyclic amines) is 1. The quantitative estimate of drug-likeness (QED) is 0.859. The standard InChI is InChI=1S/C20H27NO4/c22-17-10-11-21(18(23)12-15-6-4-5-7-15)14-20(17,19(24)25)13-16-8-2-1-3-9-16/h1-3,8-9,15,17,22H,4-7,10-14H2,(H,24,25)/t17-,20+/m0/s1. The highest BCUT2D eigenvalue weighted by Gasteiger charge is 2.50. The molecular formula is C20H27NO4. The molecule has 1 aliphatic heterocycles. The van der Waals surface area contributed by atoms with Gasteiger partial charge in [-0.15, -0.1) is 0 Å². The molecule has 1 aliphatic carbocycles. The molecule has 0 radical (unpaired) electrons. The molecule has 1 aromatic carbocycles. The lowest BCUT2D eigenvalue weighted by molar-refractivity contribution is -0.166. The van der Waals surface area contributed by atoms with E-state index in [1.54, 1.807) is 4.90 Å². The highest BCUT2D eigenvalue weighted by molar-refractivity contribution is 5.80. The minimum Gasteiger partial charge on any atom is -0.481 e. The van der Waals surface area contributed by atoms with Crippen LogP contribution in [0.1, 0.15) is 44.1 Å². The van der Waals surface area contributed by atoms with Crippen LogP contribution in [-0.2, 0) is 16.0 Å². The van der Waals surface area contributed by atoms with E-state index in [0.29, 0.717) is 25.3 Å². The van der Waals surface area contributed by atoms with Gasteiger partial charge in [0.1, 0.15) is 5.41 Å². The van der Waals surface area contributed by atoms with Crippen molar-refractivity contribution >= 4 is 11.9 Å². The molecule has 0 bridgehead atoms. The molecule has 2 fully saturated rings. The third kappa shape index (κ3) is 3.87. The molecule has 0 unspecified atom stereocenters. The molecule has 0 spiro atoms. The summed E-state index contributed by atoms with van der Waals surface area (Å²) in [7, 11) is 0. The maximum Gasteiger partial charge on any atom is 0.314 e. The lowest BCUT2D eigenvalue weighted by Gasteiger charge is -2.43. The smallest absolute Gasteiger partial charge is 0.314 e. The Bertz CT molecular complexity index is 611. The first-order valence-electron chi connectivity index (χ1n) is 9.24. The zero-order valence-corrected chi connectivity index (χ0v) is 14.6. The van der Waals surface area contributed by atoms with E-state index >= 15 is 0 Å². The van der Waals surface area contributed by atoms with E-state index in [9.17, 15) is 19.8 Å². The second-order valence-corrected chi connectivity index (χ2v) is 7.60. The van der Waals surface area contributed by atoms with Gasteiger partial charge in [-0.05, 0) is 37.2 Å². The molecule has 2 atom stereocenters.